The second-order valence-electron chi connectivity index (χ2n) is 3.00. The molecule has 2 aromatic heterocycles. The van der Waals surface area contributed by atoms with E-state index in [1.807, 2.05) is 28.2 Å². The van der Waals surface area contributed by atoms with Crippen molar-refractivity contribution in [3.63, 3.8) is 0 Å². The number of halogens is 2. The Morgan fingerprint density at radius 2 is 2.14 bits per heavy atom. The minimum absolute atomic E-state index is 1.08. The summed E-state index contributed by atoms with van der Waals surface area (Å²) < 4.78 is 3.27. The van der Waals surface area contributed by atoms with E-state index in [1.54, 1.807) is 0 Å². The second kappa shape index (κ2) is 4.18. The van der Waals surface area contributed by atoms with Crippen LogP contribution in [0.5, 0.6) is 0 Å². The molecule has 2 heterocycles. The quantitative estimate of drug-likeness (QED) is 0.657. The van der Waals surface area contributed by atoms with Gasteiger partial charge in [0.05, 0.1) is 22.9 Å². The molecule has 0 aliphatic carbocycles. The second-order valence-corrected chi connectivity index (χ2v) is 5.27. The number of rotatable bonds is 1. The van der Waals surface area contributed by atoms with E-state index in [-0.39, 0.29) is 0 Å². The topological polar surface area (TPSA) is 17.8 Å². The summed E-state index contributed by atoms with van der Waals surface area (Å²) in [5, 5.41) is 0. The highest BCUT2D eigenvalue weighted by atomic mass is 127. The number of nitrogens with zero attached hydrogens (tertiary/aromatic N) is 2. The maximum Gasteiger partial charge on any atom is 0.0634 e. The van der Waals surface area contributed by atoms with Crippen LogP contribution in [0.4, 0.5) is 0 Å². The van der Waals surface area contributed by atoms with Gasteiger partial charge in [0.25, 0.3) is 0 Å². The van der Waals surface area contributed by atoms with E-state index >= 15 is 0 Å². The molecule has 2 rings (SSSR count). The lowest BCUT2D eigenvalue weighted by Crippen LogP contribution is -1.89. The molecule has 14 heavy (non-hydrogen) atoms. The van der Waals surface area contributed by atoms with Crippen molar-refractivity contribution in [2.75, 3.05) is 0 Å². The third-order valence-electron chi connectivity index (χ3n) is 2.04. The summed E-state index contributed by atoms with van der Waals surface area (Å²) in [5.74, 6) is 0. The number of hydrogen-bond donors (Lipinski definition) is 0. The zero-order valence-electron chi connectivity index (χ0n) is 7.54. The zero-order valence-corrected chi connectivity index (χ0v) is 11.9. The number of aryl methyl sites for hydroxylation is 1. The molecule has 0 saturated carbocycles. The first-order chi connectivity index (χ1) is 6.68. The van der Waals surface area contributed by atoms with Crippen LogP contribution in [0, 0.1) is 10.5 Å². The highest BCUT2D eigenvalue weighted by Gasteiger charge is 2.07. The molecule has 2 aromatic rings. The smallest absolute Gasteiger partial charge is 0.0634 e. The molecule has 0 aromatic carbocycles. The van der Waals surface area contributed by atoms with Crippen molar-refractivity contribution in [1.82, 2.24) is 7.76 Å². The largest absolute Gasteiger partial charge is 0.297 e. The van der Waals surface area contributed by atoms with Gasteiger partial charge in [0.15, 0.2) is 0 Å². The Labute approximate surface area is 110 Å². The van der Waals surface area contributed by atoms with Gasteiger partial charge < -0.3 is 0 Å². The molecule has 0 atom stereocenters. The molecule has 0 aliphatic rings. The van der Waals surface area contributed by atoms with Crippen LogP contribution in [-0.2, 0) is 0 Å². The van der Waals surface area contributed by atoms with Gasteiger partial charge in [0.1, 0.15) is 0 Å². The average molecular weight is 410 g/mol. The van der Waals surface area contributed by atoms with Crippen LogP contribution >= 0.6 is 45.5 Å². The van der Waals surface area contributed by atoms with Crippen LogP contribution in [0.15, 0.2) is 30.7 Å². The fraction of sp³-hybridized carbons (Fsp3) is 0.100. The van der Waals surface area contributed by atoms with Crippen molar-refractivity contribution in [2.24, 2.45) is 0 Å². The lowest BCUT2D eigenvalue weighted by atomic mass is 10.1. The van der Waals surface area contributed by atoms with Crippen LogP contribution in [-0.4, -0.2) is 7.76 Å². The van der Waals surface area contributed by atoms with Gasteiger partial charge in [-0.3, -0.25) is 7.76 Å². The van der Waals surface area contributed by atoms with E-state index in [4.69, 9.17) is 0 Å². The van der Waals surface area contributed by atoms with E-state index in [0.717, 1.165) is 5.69 Å². The summed E-state index contributed by atoms with van der Waals surface area (Å²) in [6.45, 7) is 2.04. The minimum Gasteiger partial charge on any atom is -0.297 e. The monoisotopic (exact) mass is 410 g/mol. The van der Waals surface area contributed by atoms with Crippen LogP contribution in [0.3, 0.4) is 0 Å². The highest BCUT2D eigenvalue weighted by molar-refractivity contribution is 14.1. The van der Waals surface area contributed by atoms with Gasteiger partial charge in [0, 0.05) is 39.0 Å². The summed E-state index contributed by atoms with van der Waals surface area (Å²) in [6.07, 6.45) is 5.99. The molecule has 72 valence electrons. The molecule has 0 spiro atoms. The van der Waals surface area contributed by atoms with Gasteiger partial charge in [-0.05, 0) is 41.6 Å². The SMILES string of the molecule is Cc1nccc(I)c1-c1ccn(I)c1. The highest BCUT2D eigenvalue weighted by Crippen LogP contribution is 2.27. The van der Waals surface area contributed by atoms with Crippen molar-refractivity contribution in [1.29, 1.82) is 0 Å². The van der Waals surface area contributed by atoms with E-state index in [2.05, 4.69) is 62.7 Å². The van der Waals surface area contributed by atoms with E-state index in [9.17, 15) is 0 Å². The van der Waals surface area contributed by atoms with Gasteiger partial charge in [-0.15, -0.1) is 0 Å². The third kappa shape index (κ3) is 1.95. The van der Waals surface area contributed by atoms with Crippen LogP contribution in [0.1, 0.15) is 5.69 Å². The van der Waals surface area contributed by atoms with Gasteiger partial charge in [-0.1, -0.05) is 0 Å². The van der Waals surface area contributed by atoms with Crippen molar-refractivity contribution in [2.45, 2.75) is 6.92 Å². The first kappa shape index (κ1) is 10.4. The molecule has 4 heteroatoms. The minimum atomic E-state index is 1.08. The first-order valence-corrected chi connectivity index (χ1v) is 6.18. The predicted molar refractivity (Wildman–Crippen MR) is 74.5 cm³/mol. The van der Waals surface area contributed by atoms with Gasteiger partial charge in [-0.2, -0.15) is 0 Å². The summed E-state index contributed by atoms with van der Waals surface area (Å²) in [4.78, 5) is 4.31. The van der Waals surface area contributed by atoms with Crippen LogP contribution in [0.25, 0.3) is 11.1 Å². The predicted octanol–water partition coefficient (Wildman–Crippen LogP) is 3.66. The molecule has 0 N–H and O–H groups in total. The Morgan fingerprint density at radius 3 is 2.71 bits per heavy atom. The number of pyridine rings is 1. The molecule has 0 radical (unpaired) electrons. The zero-order chi connectivity index (χ0) is 10.1. The molecular weight excluding hydrogens is 402 g/mol. The summed E-state index contributed by atoms with van der Waals surface area (Å²) in [7, 11) is 0. The van der Waals surface area contributed by atoms with E-state index in [0.29, 0.717) is 0 Å². The average Bonchev–Trinajstić information content (AvgIpc) is 2.51. The van der Waals surface area contributed by atoms with Crippen molar-refractivity contribution in [3.8, 4) is 11.1 Å². The normalized spacial score (nSPS) is 10.5. The Kier molecular flexibility index (Phi) is 3.10. The van der Waals surface area contributed by atoms with Crippen molar-refractivity contribution < 1.29 is 0 Å². The third-order valence-corrected chi connectivity index (χ3v) is 3.54. The summed E-state index contributed by atoms with van der Waals surface area (Å²) >= 11 is 4.59. The van der Waals surface area contributed by atoms with E-state index in [1.165, 1.54) is 14.7 Å². The molecular formula is C10H8I2N2. The molecule has 0 bridgehead atoms. The van der Waals surface area contributed by atoms with Gasteiger partial charge >= 0.3 is 0 Å². The molecule has 0 amide bonds. The lowest BCUT2D eigenvalue weighted by molar-refractivity contribution is 1.19. The standard InChI is InChI=1S/C10H8I2N2/c1-7-10(9(11)2-4-13-7)8-3-5-14(12)6-8/h2-6H,1H3. The fourth-order valence-corrected chi connectivity index (χ4v) is 2.72. The Bertz CT molecular complexity index is 443. The van der Waals surface area contributed by atoms with Crippen molar-refractivity contribution in [3.05, 3.63) is 40.0 Å². The first-order valence-electron chi connectivity index (χ1n) is 4.14. The maximum absolute atomic E-state index is 4.31. The molecule has 0 aliphatic heterocycles. The lowest BCUT2D eigenvalue weighted by Gasteiger charge is -2.04. The molecule has 0 fully saturated rings. The van der Waals surface area contributed by atoms with Crippen molar-refractivity contribution >= 4 is 45.5 Å². The van der Waals surface area contributed by atoms with E-state index < -0.39 is 0 Å². The summed E-state index contributed by atoms with van der Waals surface area (Å²) in [6, 6.07) is 4.14. The number of aromatic nitrogens is 2. The van der Waals surface area contributed by atoms with Gasteiger partial charge in [-0.25, -0.2) is 0 Å². The summed E-state index contributed by atoms with van der Waals surface area (Å²) in [5.41, 5.74) is 3.55. The molecule has 0 saturated heterocycles. The fourth-order valence-electron chi connectivity index (χ4n) is 1.40. The van der Waals surface area contributed by atoms with Gasteiger partial charge in [0.2, 0.25) is 0 Å². The van der Waals surface area contributed by atoms with Crippen LogP contribution in [0.2, 0.25) is 0 Å². The molecule has 2 nitrogen and oxygen atoms in total. The maximum atomic E-state index is 4.31. The Balaban J connectivity index is 2.61. The van der Waals surface area contributed by atoms with Crippen LogP contribution < -0.4 is 0 Å². The Morgan fingerprint density at radius 1 is 1.36 bits per heavy atom. The number of hydrogen-bond acceptors (Lipinski definition) is 1. The Hall–Kier alpha value is -0.110. The molecule has 0 unspecified atom stereocenters.